The summed E-state index contributed by atoms with van der Waals surface area (Å²) in [4.78, 5) is 33.4. The summed E-state index contributed by atoms with van der Waals surface area (Å²) in [5.74, 6) is 0.256. The van der Waals surface area contributed by atoms with Gasteiger partial charge in [-0.15, -0.1) is 0 Å². The number of pyridine rings is 1. The van der Waals surface area contributed by atoms with Gasteiger partial charge in [-0.2, -0.15) is 0 Å². The number of aromatic amines is 1. The predicted octanol–water partition coefficient (Wildman–Crippen LogP) is 3.14. The molecule has 2 aromatic rings. The van der Waals surface area contributed by atoms with Gasteiger partial charge in [0.25, 0.3) is 5.91 Å². The van der Waals surface area contributed by atoms with Crippen LogP contribution in [0, 0.1) is 5.92 Å². The number of amides is 2. The maximum Gasteiger partial charge on any atom is 0.407 e. The number of nitrogens with zero attached hydrogens (tertiary/aromatic N) is 2. The van der Waals surface area contributed by atoms with Crippen molar-refractivity contribution < 1.29 is 14.3 Å². The molecule has 0 aliphatic carbocycles. The first-order chi connectivity index (χ1) is 13.7. The van der Waals surface area contributed by atoms with E-state index >= 15 is 0 Å². The second kappa shape index (κ2) is 9.00. The van der Waals surface area contributed by atoms with Crippen molar-refractivity contribution in [3.63, 3.8) is 0 Å². The highest BCUT2D eigenvalue weighted by Gasteiger charge is 2.22. The summed E-state index contributed by atoms with van der Waals surface area (Å²) in [6, 6.07) is 3.49. The lowest BCUT2D eigenvalue weighted by Gasteiger charge is -2.32. The molecule has 0 radical (unpaired) electrons. The van der Waals surface area contributed by atoms with Crippen LogP contribution in [0.25, 0.3) is 10.9 Å². The Kier molecular flexibility index (Phi) is 6.64. The molecule has 0 aromatic carbocycles. The molecule has 8 nitrogen and oxygen atoms in total. The Hall–Kier alpha value is -2.32. The molecule has 3 rings (SSSR count). The third-order valence-corrected chi connectivity index (χ3v) is 5.03. The average molecular weight is 422 g/mol. The number of aromatic nitrogens is 2. The van der Waals surface area contributed by atoms with Crippen LogP contribution in [0.1, 0.15) is 44.1 Å². The van der Waals surface area contributed by atoms with Crippen molar-refractivity contribution in [2.45, 2.75) is 39.2 Å². The molecule has 1 aliphatic rings. The van der Waals surface area contributed by atoms with Gasteiger partial charge in [-0.05, 0) is 51.7 Å². The molecule has 0 bridgehead atoms. The number of carbonyl (C=O) groups is 2. The van der Waals surface area contributed by atoms with E-state index < -0.39 is 5.60 Å². The molecule has 29 heavy (non-hydrogen) atoms. The van der Waals surface area contributed by atoms with Crippen LogP contribution in [-0.2, 0) is 4.74 Å². The summed E-state index contributed by atoms with van der Waals surface area (Å²) >= 11 is 5.89. The number of hydrogen-bond acceptors (Lipinski definition) is 5. The van der Waals surface area contributed by atoms with Gasteiger partial charge in [0, 0.05) is 25.0 Å². The summed E-state index contributed by atoms with van der Waals surface area (Å²) in [5.41, 5.74) is 0.776. The quantitative estimate of drug-likeness (QED) is 0.644. The van der Waals surface area contributed by atoms with Crippen molar-refractivity contribution >= 4 is 34.5 Å². The summed E-state index contributed by atoms with van der Waals surface area (Å²) in [7, 11) is 0. The number of ether oxygens (including phenoxy) is 1. The fourth-order valence-corrected chi connectivity index (χ4v) is 3.46. The highest BCUT2D eigenvalue weighted by atomic mass is 35.5. The fourth-order valence-electron chi connectivity index (χ4n) is 3.30. The molecular formula is C20H28ClN5O3. The summed E-state index contributed by atoms with van der Waals surface area (Å²) in [6.45, 7) is 8.38. The Labute approximate surface area is 175 Å². The zero-order chi connectivity index (χ0) is 21.0. The van der Waals surface area contributed by atoms with Gasteiger partial charge in [-0.1, -0.05) is 11.6 Å². The van der Waals surface area contributed by atoms with Gasteiger partial charge in [0.05, 0.1) is 18.4 Å². The van der Waals surface area contributed by atoms with E-state index in [4.69, 9.17) is 16.3 Å². The van der Waals surface area contributed by atoms with Gasteiger partial charge in [0.1, 0.15) is 16.4 Å². The van der Waals surface area contributed by atoms with E-state index in [9.17, 15) is 9.59 Å². The van der Waals surface area contributed by atoms with Gasteiger partial charge in [0.2, 0.25) is 0 Å². The van der Waals surface area contributed by atoms with E-state index in [1.165, 1.54) is 0 Å². The van der Waals surface area contributed by atoms with Crippen molar-refractivity contribution in [3.05, 3.63) is 29.2 Å². The van der Waals surface area contributed by atoms with Crippen LogP contribution in [0.2, 0.25) is 5.15 Å². The molecule has 1 aliphatic heterocycles. The molecule has 0 spiro atoms. The molecule has 3 N–H and O–H groups in total. The van der Waals surface area contributed by atoms with Crippen LogP contribution in [0.3, 0.4) is 0 Å². The van der Waals surface area contributed by atoms with Crippen LogP contribution in [0.5, 0.6) is 0 Å². The number of nitrogens with one attached hydrogen (secondary N) is 3. The summed E-state index contributed by atoms with van der Waals surface area (Å²) in [5, 5.41) is 7.04. The highest BCUT2D eigenvalue weighted by molar-refractivity contribution is 6.30. The van der Waals surface area contributed by atoms with Crippen LogP contribution < -0.4 is 10.6 Å². The van der Waals surface area contributed by atoms with Crippen molar-refractivity contribution in [2.24, 2.45) is 5.92 Å². The topological polar surface area (TPSA) is 99.3 Å². The van der Waals surface area contributed by atoms with E-state index in [1.807, 2.05) is 20.8 Å². The molecule has 2 amide bonds. The SMILES string of the molecule is CC(C)(C)OC(=O)NCC1CCN(CNC(=O)c2cc3cc(Cl)ncc3[nH]2)CC1. The number of rotatable bonds is 5. The van der Waals surface area contributed by atoms with E-state index in [-0.39, 0.29) is 12.0 Å². The number of H-pyrrole nitrogens is 1. The third kappa shape index (κ3) is 6.33. The molecule has 1 saturated heterocycles. The van der Waals surface area contributed by atoms with Gasteiger partial charge in [-0.25, -0.2) is 9.78 Å². The molecular weight excluding hydrogens is 394 g/mol. The second-order valence-corrected chi connectivity index (χ2v) is 8.77. The third-order valence-electron chi connectivity index (χ3n) is 4.82. The van der Waals surface area contributed by atoms with Crippen molar-refractivity contribution in [1.82, 2.24) is 25.5 Å². The Morgan fingerprint density at radius 3 is 2.69 bits per heavy atom. The van der Waals surface area contributed by atoms with Gasteiger partial charge >= 0.3 is 6.09 Å². The molecule has 1 fully saturated rings. The largest absolute Gasteiger partial charge is 0.444 e. The maximum absolute atomic E-state index is 12.4. The number of hydrogen-bond donors (Lipinski definition) is 3. The minimum Gasteiger partial charge on any atom is -0.444 e. The summed E-state index contributed by atoms with van der Waals surface area (Å²) < 4.78 is 5.26. The minimum atomic E-state index is -0.487. The molecule has 9 heteroatoms. The Morgan fingerprint density at radius 1 is 1.28 bits per heavy atom. The lowest BCUT2D eigenvalue weighted by atomic mass is 9.97. The average Bonchev–Trinajstić information content (AvgIpc) is 3.07. The van der Waals surface area contributed by atoms with Crippen molar-refractivity contribution in [3.8, 4) is 0 Å². The van der Waals surface area contributed by atoms with Crippen LogP contribution >= 0.6 is 11.6 Å². The predicted molar refractivity (Wildman–Crippen MR) is 112 cm³/mol. The molecule has 2 aromatic heterocycles. The summed E-state index contributed by atoms with van der Waals surface area (Å²) in [6.07, 6.45) is 3.16. The van der Waals surface area contributed by atoms with E-state index in [0.29, 0.717) is 30.0 Å². The Bertz CT molecular complexity index is 869. The van der Waals surface area contributed by atoms with Crippen molar-refractivity contribution in [1.29, 1.82) is 0 Å². The number of halogens is 1. The second-order valence-electron chi connectivity index (χ2n) is 8.39. The molecule has 158 valence electrons. The first-order valence-electron chi connectivity index (χ1n) is 9.81. The normalized spacial score (nSPS) is 16.0. The van der Waals surface area contributed by atoms with E-state index in [2.05, 4.69) is 25.5 Å². The molecule has 0 saturated carbocycles. The lowest BCUT2D eigenvalue weighted by Crippen LogP contribution is -2.44. The van der Waals surface area contributed by atoms with Gasteiger partial charge in [-0.3, -0.25) is 9.69 Å². The fraction of sp³-hybridized carbons (Fsp3) is 0.550. The number of likely N-dealkylation sites (tertiary alicyclic amines) is 1. The lowest BCUT2D eigenvalue weighted by molar-refractivity contribution is 0.0507. The standard InChI is InChI=1S/C20H28ClN5O3/c1-20(2,3)29-19(28)23-10-13-4-6-26(7-5-13)12-24-18(27)15-8-14-9-17(21)22-11-16(14)25-15/h8-9,11,13,25H,4-7,10,12H2,1-3H3,(H,23,28)(H,24,27). The highest BCUT2D eigenvalue weighted by Crippen LogP contribution is 2.18. The number of fused-ring (bicyclic) bond motifs is 1. The molecule has 0 unspecified atom stereocenters. The van der Waals surface area contributed by atoms with Crippen LogP contribution in [0.4, 0.5) is 4.79 Å². The Morgan fingerprint density at radius 2 is 2.00 bits per heavy atom. The van der Waals surface area contributed by atoms with Crippen molar-refractivity contribution in [2.75, 3.05) is 26.3 Å². The first-order valence-corrected chi connectivity index (χ1v) is 10.2. The zero-order valence-corrected chi connectivity index (χ0v) is 17.8. The van der Waals surface area contributed by atoms with E-state index in [0.717, 1.165) is 36.8 Å². The smallest absolute Gasteiger partial charge is 0.407 e. The van der Waals surface area contributed by atoms with E-state index in [1.54, 1.807) is 18.3 Å². The number of piperidine rings is 1. The molecule has 3 heterocycles. The maximum atomic E-state index is 12.4. The van der Waals surface area contributed by atoms with Crippen LogP contribution in [-0.4, -0.2) is 58.8 Å². The van der Waals surface area contributed by atoms with Gasteiger partial charge in [0.15, 0.2) is 0 Å². The zero-order valence-electron chi connectivity index (χ0n) is 17.0. The number of carbonyl (C=O) groups excluding carboxylic acids is 2. The van der Waals surface area contributed by atoms with Crippen LogP contribution in [0.15, 0.2) is 18.3 Å². The number of alkyl carbamates (subject to hydrolysis) is 1. The monoisotopic (exact) mass is 421 g/mol. The first kappa shape index (κ1) is 21.4. The minimum absolute atomic E-state index is 0.161. The van der Waals surface area contributed by atoms with Gasteiger partial charge < -0.3 is 20.4 Å². The Balaban J connectivity index is 1.39. The molecule has 0 atom stereocenters.